The summed E-state index contributed by atoms with van der Waals surface area (Å²) in [6, 6.07) is 9.94. The minimum atomic E-state index is 0.129. The molecule has 0 heterocycles. The van der Waals surface area contributed by atoms with Crippen molar-refractivity contribution >= 4 is 11.6 Å². The SMILES string of the molecule is CC(C)CCCCCC(C(=O)N(C)c1ccccc1)C(C)C. The van der Waals surface area contributed by atoms with Gasteiger partial charge in [0.05, 0.1) is 0 Å². The number of nitrogens with zero attached hydrogens (tertiary/aromatic N) is 1. The van der Waals surface area contributed by atoms with E-state index in [2.05, 4.69) is 27.7 Å². The molecule has 0 aliphatic heterocycles. The Morgan fingerprint density at radius 3 is 2.09 bits per heavy atom. The first-order valence-electron chi connectivity index (χ1n) is 8.76. The maximum atomic E-state index is 12.8. The van der Waals surface area contributed by atoms with E-state index in [4.69, 9.17) is 0 Å². The van der Waals surface area contributed by atoms with E-state index in [0.29, 0.717) is 5.92 Å². The topological polar surface area (TPSA) is 20.3 Å². The summed E-state index contributed by atoms with van der Waals surface area (Å²) >= 11 is 0. The van der Waals surface area contributed by atoms with E-state index in [-0.39, 0.29) is 11.8 Å². The van der Waals surface area contributed by atoms with Crippen molar-refractivity contribution in [3.8, 4) is 0 Å². The zero-order chi connectivity index (χ0) is 16.5. The van der Waals surface area contributed by atoms with Crippen LogP contribution in [-0.4, -0.2) is 13.0 Å². The number of benzene rings is 1. The summed E-state index contributed by atoms with van der Waals surface area (Å²) in [4.78, 5) is 14.6. The van der Waals surface area contributed by atoms with Gasteiger partial charge in [-0.25, -0.2) is 0 Å². The third-order valence-corrected chi connectivity index (χ3v) is 4.39. The highest BCUT2D eigenvalue weighted by atomic mass is 16.2. The third-order valence-electron chi connectivity index (χ3n) is 4.39. The molecule has 0 saturated carbocycles. The lowest BCUT2D eigenvalue weighted by molar-refractivity contribution is -0.123. The number of para-hydroxylation sites is 1. The van der Waals surface area contributed by atoms with Gasteiger partial charge in [0.25, 0.3) is 0 Å². The van der Waals surface area contributed by atoms with Gasteiger partial charge in [-0.3, -0.25) is 4.79 Å². The molecule has 0 bridgehead atoms. The van der Waals surface area contributed by atoms with Gasteiger partial charge < -0.3 is 4.90 Å². The van der Waals surface area contributed by atoms with E-state index >= 15 is 0 Å². The summed E-state index contributed by atoms with van der Waals surface area (Å²) in [5, 5.41) is 0. The van der Waals surface area contributed by atoms with E-state index in [1.54, 1.807) is 0 Å². The number of unbranched alkanes of at least 4 members (excludes halogenated alkanes) is 2. The summed E-state index contributed by atoms with van der Waals surface area (Å²) in [5.41, 5.74) is 0.984. The van der Waals surface area contributed by atoms with Crippen LogP contribution in [0, 0.1) is 17.8 Å². The molecule has 0 saturated heterocycles. The van der Waals surface area contributed by atoms with Gasteiger partial charge in [-0.15, -0.1) is 0 Å². The van der Waals surface area contributed by atoms with E-state index in [0.717, 1.165) is 24.4 Å². The Balaban J connectivity index is 2.53. The Morgan fingerprint density at radius 2 is 1.55 bits per heavy atom. The Kier molecular flexibility index (Phi) is 8.22. The van der Waals surface area contributed by atoms with Crippen molar-refractivity contribution < 1.29 is 4.79 Å². The summed E-state index contributed by atoms with van der Waals surface area (Å²) in [6.07, 6.45) is 5.98. The number of hydrogen-bond acceptors (Lipinski definition) is 1. The normalized spacial score (nSPS) is 12.7. The molecule has 0 radical (unpaired) electrons. The number of rotatable bonds is 9. The van der Waals surface area contributed by atoms with E-state index in [9.17, 15) is 4.79 Å². The molecule has 22 heavy (non-hydrogen) atoms. The molecule has 2 nitrogen and oxygen atoms in total. The Bertz CT molecular complexity index is 425. The lowest BCUT2D eigenvalue weighted by atomic mass is 9.88. The van der Waals surface area contributed by atoms with Crippen molar-refractivity contribution in [3.63, 3.8) is 0 Å². The van der Waals surface area contributed by atoms with Crippen LogP contribution in [0.4, 0.5) is 5.69 Å². The van der Waals surface area contributed by atoms with Crippen LogP contribution in [-0.2, 0) is 4.79 Å². The van der Waals surface area contributed by atoms with Crippen LogP contribution >= 0.6 is 0 Å². The molecule has 0 N–H and O–H groups in total. The zero-order valence-electron chi connectivity index (χ0n) is 15.0. The highest BCUT2D eigenvalue weighted by Gasteiger charge is 2.25. The fourth-order valence-corrected chi connectivity index (χ4v) is 2.86. The number of carbonyl (C=O) groups excluding carboxylic acids is 1. The van der Waals surface area contributed by atoms with Crippen LogP contribution < -0.4 is 4.90 Å². The number of carbonyl (C=O) groups is 1. The lowest BCUT2D eigenvalue weighted by Gasteiger charge is -2.26. The molecule has 1 amide bonds. The molecule has 0 aliphatic rings. The molecule has 124 valence electrons. The Labute approximate surface area is 136 Å². The molecule has 1 unspecified atom stereocenters. The summed E-state index contributed by atoms with van der Waals surface area (Å²) in [5.74, 6) is 1.56. The van der Waals surface area contributed by atoms with Crippen molar-refractivity contribution in [2.45, 2.75) is 59.8 Å². The molecule has 2 heteroatoms. The minimum Gasteiger partial charge on any atom is -0.315 e. The Morgan fingerprint density at radius 1 is 0.955 bits per heavy atom. The second-order valence-electron chi connectivity index (χ2n) is 7.12. The standard InChI is InChI=1S/C20H33NO/c1-16(2)12-8-6-11-15-19(17(3)4)20(22)21(5)18-13-9-7-10-14-18/h7,9-10,13-14,16-17,19H,6,8,11-12,15H2,1-5H3. The monoisotopic (exact) mass is 303 g/mol. The summed E-state index contributed by atoms with van der Waals surface area (Å²) in [7, 11) is 1.89. The maximum absolute atomic E-state index is 12.8. The number of amides is 1. The number of hydrogen-bond donors (Lipinski definition) is 0. The van der Waals surface area contributed by atoms with Crippen LogP contribution in [0.2, 0.25) is 0 Å². The van der Waals surface area contributed by atoms with Gasteiger partial charge in [-0.1, -0.05) is 71.6 Å². The van der Waals surface area contributed by atoms with Crippen molar-refractivity contribution in [1.82, 2.24) is 0 Å². The first-order chi connectivity index (χ1) is 10.4. The van der Waals surface area contributed by atoms with Crippen LogP contribution in [0.15, 0.2) is 30.3 Å². The fraction of sp³-hybridized carbons (Fsp3) is 0.650. The molecule has 1 rings (SSSR count). The van der Waals surface area contributed by atoms with Crippen molar-refractivity contribution in [3.05, 3.63) is 30.3 Å². The second-order valence-corrected chi connectivity index (χ2v) is 7.12. The van der Waals surface area contributed by atoms with Gasteiger partial charge >= 0.3 is 0 Å². The lowest BCUT2D eigenvalue weighted by Crippen LogP contribution is -2.35. The summed E-state index contributed by atoms with van der Waals surface area (Å²) in [6.45, 7) is 8.87. The molecule has 1 atom stereocenters. The van der Waals surface area contributed by atoms with Gasteiger partial charge in [-0.2, -0.15) is 0 Å². The molecule has 1 aromatic rings. The van der Waals surface area contributed by atoms with Gasteiger partial charge in [-0.05, 0) is 30.4 Å². The molecular formula is C20H33NO. The van der Waals surface area contributed by atoms with Gasteiger partial charge in [0, 0.05) is 18.7 Å². The van der Waals surface area contributed by atoms with E-state index in [1.807, 2.05) is 42.3 Å². The fourth-order valence-electron chi connectivity index (χ4n) is 2.86. The van der Waals surface area contributed by atoms with Gasteiger partial charge in [0.15, 0.2) is 0 Å². The predicted molar refractivity (Wildman–Crippen MR) is 96.1 cm³/mol. The van der Waals surface area contributed by atoms with Gasteiger partial charge in [0.2, 0.25) is 5.91 Å². The molecule has 1 aromatic carbocycles. The predicted octanol–water partition coefficient (Wildman–Crippen LogP) is 5.53. The van der Waals surface area contributed by atoms with Crippen molar-refractivity contribution in [2.24, 2.45) is 17.8 Å². The van der Waals surface area contributed by atoms with Crippen LogP contribution in [0.1, 0.15) is 59.8 Å². The second kappa shape index (κ2) is 9.66. The smallest absolute Gasteiger partial charge is 0.230 e. The average Bonchev–Trinajstić information content (AvgIpc) is 2.49. The van der Waals surface area contributed by atoms with Crippen LogP contribution in [0.25, 0.3) is 0 Å². The minimum absolute atomic E-state index is 0.129. The molecule has 0 spiro atoms. The van der Waals surface area contributed by atoms with E-state index in [1.165, 1.54) is 19.3 Å². The largest absolute Gasteiger partial charge is 0.315 e. The zero-order valence-corrected chi connectivity index (χ0v) is 15.0. The molecular weight excluding hydrogens is 270 g/mol. The molecule has 0 aromatic heterocycles. The number of anilines is 1. The van der Waals surface area contributed by atoms with Crippen molar-refractivity contribution in [1.29, 1.82) is 0 Å². The maximum Gasteiger partial charge on any atom is 0.230 e. The highest BCUT2D eigenvalue weighted by molar-refractivity contribution is 5.94. The average molecular weight is 303 g/mol. The third kappa shape index (κ3) is 6.21. The first kappa shape index (κ1) is 18.7. The molecule has 0 fully saturated rings. The summed E-state index contributed by atoms with van der Waals surface area (Å²) < 4.78 is 0. The highest BCUT2D eigenvalue weighted by Crippen LogP contribution is 2.24. The molecule has 0 aliphatic carbocycles. The quantitative estimate of drug-likeness (QED) is 0.549. The Hall–Kier alpha value is -1.31. The van der Waals surface area contributed by atoms with Crippen molar-refractivity contribution in [2.75, 3.05) is 11.9 Å². The van der Waals surface area contributed by atoms with E-state index < -0.39 is 0 Å². The van der Waals surface area contributed by atoms with Gasteiger partial charge in [0.1, 0.15) is 0 Å². The van der Waals surface area contributed by atoms with Crippen LogP contribution in [0.3, 0.4) is 0 Å². The first-order valence-corrected chi connectivity index (χ1v) is 8.76. The van der Waals surface area contributed by atoms with Crippen LogP contribution in [0.5, 0.6) is 0 Å².